The average molecular weight is 230 g/mol. The van der Waals surface area contributed by atoms with Gasteiger partial charge in [-0.15, -0.1) is 0 Å². The van der Waals surface area contributed by atoms with E-state index in [1.165, 1.54) is 10.9 Å². The molecule has 1 aromatic heterocycles. The Labute approximate surface area is 98.6 Å². The highest BCUT2D eigenvalue weighted by Gasteiger charge is 2.12. The molecule has 0 atom stereocenters. The summed E-state index contributed by atoms with van der Waals surface area (Å²) in [6, 6.07) is 7.50. The summed E-state index contributed by atoms with van der Waals surface area (Å²) in [5.41, 5.74) is 7.81. The molecule has 0 aliphatic rings. The van der Waals surface area contributed by atoms with Crippen molar-refractivity contribution in [2.75, 3.05) is 5.73 Å². The van der Waals surface area contributed by atoms with Crippen LogP contribution in [0.15, 0.2) is 24.4 Å². The molecule has 0 radical (unpaired) electrons. The first-order valence-electron chi connectivity index (χ1n) is 4.64. The maximum absolute atomic E-state index is 8.80. The zero-order valence-corrected chi connectivity index (χ0v) is 9.36. The Morgan fingerprint density at radius 2 is 2.25 bits per heavy atom. The zero-order valence-electron chi connectivity index (χ0n) is 8.61. The van der Waals surface area contributed by atoms with Crippen LogP contribution in [0.4, 0.5) is 5.82 Å². The average Bonchev–Trinajstić information content (AvgIpc) is 2.60. The van der Waals surface area contributed by atoms with Crippen LogP contribution < -0.4 is 11.2 Å². The van der Waals surface area contributed by atoms with Crippen molar-refractivity contribution >= 4 is 30.7 Å². The number of anilines is 1. The Kier molecular flexibility index (Phi) is 2.59. The Morgan fingerprint density at radius 1 is 1.50 bits per heavy atom. The zero-order chi connectivity index (χ0) is 11.7. The summed E-state index contributed by atoms with van der Waals surface area (Å²) in [6.07, 6.45) is 1.43. The van der Waals surface area contributed by atoms with Crippen LogP contribution in [0.25, 0.3) is 5.69 Å². The fourth-order valence-electron chi connectivity index (χ4n) is 1.51. The first kappa shape index (κ1) is 10.6. The Bertz CT molecular complexity index is 565. The summed E-state index contributed by atoms with van der Waals surface area (Å²) in [4.78, 5) is 0. The molecule has 78 valence electrons. The summed E-state index contributed by atoms with van der Waals surface area (Å²) in [5.74, 6) is 0.304. The molecule has 0 bridgehead atoms. The Morgan fingerprint density at radius 3 is 2.81 bits per heavy atom. The fraction of sp³-hybridized carbons (Fsp3) is 0. The minimum Gasteiger partial charge on any atom is -0.382 e. The van der Waals surface area contributed by atoms with Crippen LogP contribution in [0.1, 0.15) is 5.56 Å². The highest BCUT2D eigenvalue weighted by molar-refractivity contribution is 6.39. The molecule has 1 aromatic carbocycles. The number of hydrogen-bond acceptors (Lipinski definition) is 3. The lowest BCUT2D eigenvalue weighted by atomic mass is 9.94. The van der Waals surface area contributed by atoms with Gasteiger partial charge >= 0.3 is 0 Å². The van der Waals surface area contributed by atoms with Gasteiger partial charge in [0.05, 0.1) is 16.9 Å². The molecule has 0 aliphatic heterocycles. The Hall–Kier alpha value is -1.93. The van der Waals surface area contributed by atoms with Crippen LogP contribution >= 0.6 is 11.6 Å². The quantitative estimate of drug-likeness (QED) is 0.714. The number of nitrogen functional groups attached to an aromatic ring is 1. The van der Waals surface area contributed by atoms with E-state index in [2.05, 4.69) is 5.10 Å². The van der Waals surface area contributed by atoms with E-state index >= 15 is 0 Å². The molecule has 2 rings (SSSR count). The molecule has 2 aromatic rings. The topological polar surface area (TPSA) is 67.6 Å². The van der Waals surface area contributed by atoms with Gasteiger partial charge in [-0.2, -0.15) is 10.4 Å². The van der Waals surface area contributed by atoms with Crippen molar-refractivity contribution < 1.29 is 0 Å². The molecule has 4 nitrogen and oxygen atoms in total. The van der Waals surface area contributed by atoms with Crippen molar-refractivity contribution in [2.24, 2.45) is 0 Å². The van der Waals surface area contributed by atoms with Crippen LogP contribution in [0, 0.1) is 11.3 Å². The number of rotatable bonds is 1. The van der Waals surface area contributed by atoms with Gasteiger partial charge in [0.25, 0.3) is 0 Å². The van der Waals surface area contributed by atoms with Gasteiger partial charge < -0.3 is 5.73 Å². The van der Waals surface area contributed by atoms with Gasteiger partial charge in [0.2, 0.25) is 0 Å². The first-order chi connectivity index (χ1) is 7.65. The summed E-state index contributed by atoms with van der Waals surface area (Å²) in [5, 5.41) is 13.4. The van der Waals surface area contributed by atoms with Crippen molar-refractivity contribution in [3.05, 3.63) is 35.0 Å². The van der Waals surface area contributed by atoms with Crippen LogP contribution in [-0.4, -0.2) is 17.6 Å². The lowest BCUT2D eigenvalue weighted by Crippen LogP contribution is -2.15. The molecule has 0 amide bonds. The number of nitrogens with zero attached hydrogens (tertiary/aromatic N) is 3. The highest BCUT2D eigenvalue weighted by Crippen LogP contribution is 2.21. The third-order valence-corrected chi connectivity index (χ3v) is 2.63. The maximum Gasteiger partial charge on any atom is 0.145 e. The number of benzene rings is 1. The largest absolute Gasteiger partial charge is 0.382 e. The van der Waals surface area contributed by atoms with E-state index in [4.69, 9.17) is 22.6 Å². The number of para-hydroxylation sites is 1. The third kappa shape index (κ3) is 1.53. The van der Waals surface area contributed by atoms with Gasteiger partial charge in [-0.05, 0) is 6.07 Å². The molecule has 0 spiro atoms. The van der Waals surface area contributed by atoms with Gasteiger partial charge in [0, 0.05) is 0 Å². The van der Waals surface area contributed by atoms with E-state index in [9.17, 15) is 0 Å². The SMILES string of the molecule is Bc1cccc(Cl)c1-n1ncc(C#N)c1N. The Balaban J connectivity index is 2.69. The van der Waals surface area contributed by atoms with Gasteiger partial charge in [-0.1, -0.05) is 29.2 Å². The molecule has 0 fully saturated rings. The lowest BCUT2D eigenvalue weighted by Gasteiger charge is -2.09. The summed E-state index contributed by atoms with van der Waals surface area (Å²) < 4.78 is 1.48. The minimum absolute atomic E-state index is 0.304. The van der Waals surface area contributed by atoms with E-state index in [1.54, 1.807) is 6.07 Å². The van der Waals surface area contributed by atoms with Gasteiger partial charge in [-0.25, -0.2) is 4.68 Å². The van der Waals surface area contributed by atoms with Crippen molar-refractivity contribution in [2.45, 2.75) is 0 Å². The van der Waals surface area contributed by atoms with Gasteiger partial charge in [-0.3, -0.25) is 0 Å². The van der Waals surface area contributed by atoms with Gasteiger partial charge in [0.15, 0.2) is 0 Å². The normalized spacial score (nSPS) is 10.0. The molecular formula is C10H8BClN4. The number of nitrogens with two attached hydrogens (primary N) is 1. The van der Waals surface area contributed by atoms with Crippen LogP contribution in [0.2, 0.25) is 5.02 Å². The van der Waals surface area contributed by atoms with Crippen molar-refractivity contribution in [1.29, 1.82) is 5.26 Å². The van der Waals surface area contributed by atoms with E-state index < -0.39 is 0 Å². The molecule has 0 unspecified atom stereocenters. The lowest BCUT2D eigenvalue weighted by molar-refractivity contribution is 0.896. The molecule has 0 aliphatic carbocycles. The van der Waals surface area contributed by atoms with Gasteiger partial charge in [0.1, 0.15) is 25.3 Å². The highest BCUT2D eigenvalue weighted by atomic mass is 35.5. The third-order valence-electron chi connectivity index (χ3n) is 2.33. The second-order valence-corrected chi connectivity index (χ2v) is 3.78. The van der Waals surface area contributed by atoms with Crippen molar-refractivity contribution in [1.82, 2.24) is 9.78 Å². The van der Waals surface area contributed by atoms with E-state index in [0.717, 1.165) is 5.46 Å². The fourth-order valence-corrected chi connectivity index (χ4v) is 1.82. The summed E-state index contributed by atoms with van der Waals surface area (Å²) in [6.45, 7) is 0. The van der Waals surface area contributed by atoms with Crippen molar-refractivity contribution in [3.63, 3.8) is 0 Å². The van der Waals surface area contributed by atoms with Crippen LogP contribution in [0.3, 0.4) is 0 Å². The maximum atomic E-state index is 8.80. The number of halogens is 1. The second-order valence-electron chi connectivity index (χ2n) is 3.37. The smallest absolute Gasteiger partial charge is 0.145 e. The first-order valence-corrected chi connectivity index (χ1v) is 5.02. The predicted molar refractivity (Wildman–Crippen MR) is 65.9 cm³/mol. The molecule has 1 heterocycles. The minimum atomic E-state index is 0.304. The second kappa shape index (κ2) is 3.91. The van der Waals surface area contributed by atoms with Crippen molar-refractivity contribution in [3.8, 4) is 11.8 Å². The predicted octanol–water partition coefficient (Wildman–Crippen LogP) is 0.238. The van der Waals surface area contributed by atoms with Crippen LogP contribution in [-0.2, 0) is 0 Å². The number of nitriles is 1. The summed E-state index contributed by atoms with van der Waals surface area (Å²) >= 11 is 6.09. The molecular weight excluding hydrogens is 222 g/mol. The van der Waals surface area contributed by atoms with E-state index in [-0.39, 0.29) is 0 Å². The molecule has 16 heavy (non-hydrogen) atoms. The van der Waals surface area contributed by atoms with E-state index in [1.807, 2.05) is 26.0 Å². The van der Waals surface area contributed by atoms with E-state index in [0.29, 0.717) is 22.1 Å². The molecule has 0 saturated heterocycles. The standard InChI is InChI=1S/C10H8BClN4/c11-7-2-1-3-8(12)9(7)16-10(14)6(4-13)5-15-16/h1-3,5H,11,14H2. The van der Waals surface area contributed by atoms with Crippen LogP contribution in [0.5, 0.6) is 0 Å². The number of aromatic nitrogens is 2. The number of hydrogen-bond donors (Lipinski definition) is 1. The molecule has 2 N–H and O–H groups in total. The molecule has 6 heteroatoms. The monoisotopic (exact) mass is 230 g/mol. The molecule has 0 saturated carbocycles. The summed E-state index contributed by atoms with van der Waals surface area (Å²) in [7, 11) is 1.91.